The molecular weight excluding hydrogens is 821 g/mol. The molecule has 1 unspecified atom stereocenters. The minimum absolute atomic E-state index is 0.0634. The molecule has 2 saturated heterocycles. The van der Waals surface area contributed by atoms with E-state index in [9.17, 15) is 30.6 Å². The lowest BCUT2D eigenvalue weighted by atomic mass is 10.1. The minimum atomic E-state index is -3.15. The van der Waals surface area contributed by atoms with Gasteiger partial charge in [0.15, 0.2) is 0 Å². The number of thiophene rings is 2. The first-order valence-electron chi connectivity index (χ1n) is 17.5. The Bertz CT molecular complexity index is 2250. The largest absolute Gasteiger partial charge is 0.383 e. The number of aromatic nitrogens is 4. The Balaban J connectivity index is 0.000000203. The zero-order valence-corrected chi connectivity index (χ0v) is 35.9. The molecule has 56 heavy (non-hydrogen) atoms. The van der Waals surface area contributed by atoms with Crippen molar-refractivity contribution in [1.29, 1.82) is 0 Å². The van der Waals surface area contributed by atoms with E-state index in [0.717, 1.165) is 24.0 Å². The molecular formula is C34H48N10O7S5. The van der Waals surface area contributed by atoms with Gasteiger partial charge in [-0.05, 0) is 73.6 Å². The van der Waals surface area contributed by atoms with Crippen molar-refractivity contribution in [3.63, 3.8) is 0 Å². The Morgan fingerprint density at radius 3 is 1.64 bits per heavy atom. The molecule has 4 aromatic heterocycles. The van der Waals surface area contributed by atoms with E-state index >= 15 is 0 Å². The second-order valence-electron chi connectivity index (χ2n) is 13.2. The third-order valence-electron chi connectivity index (χ3n) is 8.93. The van der Waals surface area contributed by atoms with E-state index in [4.69, 9.17) is 17.2 Å². The Hall–Kier alpha value is -3.77. The van der Waals surface area contributed by atoms with Gasteiger partial charge >= 0.3 is 0 Å². The second kappa shape index (κ2) is 19.6. The molecule has 0 saturated carbocycles. The maximum Gasteiger partial charge on any atom is 0.224 e. The molecule has 6 heterocycles. The summed E-state index contributed by atoms with van der Waals surface area (Å²) in [6.45, 7) is 7.59. The number of rotatable bonds is 10. The van der Waals surface area contributed by atoms with E-state index in [1.165, 1.54) is 56.2 Å². The van der Waals surface area contributed by atoms with Crippen molar-refractivity contribution in [3.05, 3.63) is 67.3 Å². The number of anilines is 3. The first-order chi connectivity index (χ1) is 26.3. The van der Waals surface area contributed by atoms with Gasteiger partial charge in [0.25, 0.3) is 0 Å². The number of hydrogen-bond acceptors (Lipinski definition) is 17. The molecule has 0 spiro atoms. The molecule has 0 bridgehead atoms. The Morgan fingerprint density at radius 1 is 0.804 bits per heavy atom. The van der Waals surface area contributed by atoms with Crippen molar-refractivity contribution in [2.45, 2.75) is 63.7 Å². The van der Waals surface area contributed by atoms with Crippen LogP contribution in [0.4, 0.5) is 17.6 Å². The fourth-order valence-electron chi connectivity index (χ4n) is 5.61. The molecule has 306 valence electrons. The van der Waals surface area contributed by atoms with Crippen molar-refractivity contribution in [2.24, 2.45) is 5.73 Å². The fraction of sp³-hybridized carbons (Fsp3) is 0.471. The van der Waals surface area contributed by atoms with Gasteiger partial charge in [-0.1, -0.05) is 6.92 Å². The summed E-state index contributed by atoms with van der Waals surface area (Å²) >= 11 is 2.72. The number of ketones is 2. The van der Waals surface area contributed by atoms with Gasteiger partial charge in [0.05, 0.1) is 44.2 Å². The van der Waals surface area contributed by atoms with E-state index in [1.807, 2.05) is 36.7 Å². The van der Waals surface area contributed by atoms with Crippen molar-refractivity contribution in [3.8, 4) is 0 Å². The standard InChI is InChI=1S/C16H21N5O3S2.C12H13N3O2S2.C6H14N2O2S/c1-10-5-8-25-14(10)13(22)12-9-18-16(20-15(12)17)19-11-3-6-21(7-4-11)26(2,23)24;1-3-19(17)12-14-6-8(11(13)15-12)9(16)10-7(2)4-5-18-10;1-11(9,10)8-4-2-6(7)3-5-8/h5,8-9,11H,3-4,6-7H2,1-2H3,(H3,17,18,19,20);4-6H,3H2,1-2H3,(H2,13,14,15);6H,2-5,7H2,1H3. The summed E-state index contributed by atoms with van der Waals surface area (Å²) in [5, 5.41) is 7.05. The van der Waals surface area contributed by atoms with Crippen molar-refractivity contribution in [1.82, 2.24) is 28.5 Å². The highest BCUT2D eigenvalue weighted by Crippen LogP contribution is 2.24. The zero-order chi connectivity index (χ0) is 41.4. The summed E-state index contributed by atoms with van der Waals surface area (Å²) in [5.74, 6) is 0.594. The van der Waals surface area contributed by atoms with Gasteiger partial charge < -0.3 is 22.5 Å². The van der Waals surface area contributed by atoms with Gasteiger partial charge in [-0.15, -0.1) is 22.7 Å². The summed E-state index contributed by atoms with van der Waals surface area (Å²) in [6, 6.07) is 4.00. The monoisotopic (exact) mass is 868 g/mol. The first-order valence-corrected chi connectivity index (χ1v) is 24.3. The smallest absolute Gasteiger partial charge is 0.224 e. The number of hydrogen-bond donors (Lipinski definition) is 4. The second-order valence-corrected chi connectivity index (χ2v) is 20.6. The minimum Gasteiger partial charge on any atom is -0.383 e. The zero-order valence-electron chi connectivity index (χ0n) is 31.8. The topological polar surface area (TPSA) is 268 Å². The van der Waals surface area contributed by atoms with Crippen molar-refractivity contribution < 1.29 is 30.6 Å². The predicted octanol–water partition coefficient (Wildman–Crippen LogP) is 2.65. The van der Waals surface area contributed by atoms with Gasteiger partial charge in [-0.2, -0.15) is 4.98 Å². The highest BCUT2D eigenvalue weighted by atomic mass is 32.2. The van der Waals surface area contributed by atoms with Crippen LogP contribution >= 0.6 is 22.7 Å². The van der Waals surface area contributed by atoms with Gasteiger partial charge in [-0.25, -0.2) is 40.4 Å². The number of piperidine rings is 2. The average Bonchev–Trinajstić information content (AvgIpc) is 3.78. The highest BCUT2D eigenvalue weighted by molar-refractivity contribution is 7.88. The first kappa shape index (κ1) is 44.9. The quantitative estimate of drug-likeness (QED) is 0.132. The summed E-state index contributed by atoms with van der Waals surface area (Å²) in [4.78, 5) is 42.4. The van der Waals surface area contributed by atoms with Crippen LogP contribution in [0, 0.1) is 13.8 Å². The van der Waals surface area contributed by atoms with Crippen LogP contribution in [0.15, 0.2) is 40.4 Å². The van der Waals surface area contributed by atoms with E-state index in [-0.39, 0.29) is 51.6 Å². The number of nitrogens with two attached hydrogens (primary N) is 3. The SMILES string of the molecule is CCS(=O)c1ncc(C(=O)c2sccc2C)c(N)n1.CS(=O)(=O)N1CCC(N)CC1.Cc1ccsc1C(=O)c1cnc(NC2CCN(S(C)(=O)=O)CC2)nc1N. The van der Waals surface area contributed by atoms with E-state index in [1.54, 1.807) is 6.92 Å². The lowest BCUT2D eigenvalue weighted by Crippen LogP contribution is -2.42. The molecule has 6 rings (SSSR count). The number of aryl methyl sites for hydroxylation is 2. The van der Waals surface area contributed by atoms with Crippen LogP contribution in [-0.2, 0) is 30.8 Å². The molecule has 22 heteroatoms. The summed E-state index contributed by atoms with van der Waals surface area (Å²) in [6.07, 6.45) is 8.14. The third-order valence-corrected chi connectivity index (χ3v) is 14.7. The van der Waals surface area contributed by atoms with Crippen LogP contribution in [0.25, 0.3) is 0 Å². The van der Waals surface area contributed by atoms with Crippen LogP contribution in [0.2, 0.25) is 0 Å². The van der Waals surface area contributed by atoms with Crippen LogP contribution in [0.3, 0.4) is 0 Å². The van der Waals surface area contributed by atoms with Gasteiger partial charge in [0.1, 0.15) is 11.6 Å². The number of nitrogen functional groups attached to an aromatic ring is 2. The Morgan fingerprint density at radius 2 is 1.25 bits per heavy atom. The maximum absolute atomic E-state index is 12.5. The van der Waals surface area contributed by atoms with Crippen molar-refractivity contribution >= 4 is 82.7 Å². The molecule has 7 N–H and O–H groups in total. The Labute approximate surface area is 338 Å². The molecule has 2 aliphatic rings. The van der Waals surface area contributed by atoms with Crippen LogP contribution < -0.4 is 22.5 Å². The van der Waals surface area contributed by atoms with Crippen LogP contribution in [-0.4, -0.2) is 118 Å². The van der Waals surface area contributed by atoms with Gasteiger partial charge in [0.2, 0.25) is 42.7 Å². The molecule has 2 aliphatic heterocycles. The lowest BCUT2D eigenvalue weighted by Gasteiger charge is -2.30. The van der Waals surface area contributed by atoms with Crippen LogP contribution in [0.5, 0.6) is 0 Å². The van der Waals surface area contributed by atoms with E-state index < -0.39 is 30.8 Å². The van der Waals surface area contributed by atoms with Crippen molar-refractivity contribution in [2.75, 3.05) is 61.2 Å². The highest BCUT2D eigenvalue weighted by Gasteiger charge is 2.26. The van der Waals surface area contributed by atoms with Gasteiger partial charge in [0, 0.05) is 56.4 Å². The number of nitrogens with zero attached hydrogens (tertiary/aromatic N) is 6. The average molecular weight is 869 g/mol. The number of carbonyl (C=O) groups excluding carboxylic acids is 2. The summed E-state index contributed by atoms with van der Waals surface area (Å²) in [7, 11) is -7.40. The predicted molar refractivity (Wildman–Crippen MR) is 222 cm³/mol. The Kier molecular flexibility index (Phi) is 15.7. The molecule has 17 nitrogen and oxygen atoms in total. The molecule has 0 aromatic carbocycles. The maximum atomic E-state index is 12.5. The van der Waals surface area contributed by atoms with E-state index in [2.05, 4.69) is 25.3 Å². The summed E-state index contributed by atoms with van der Waals surface area (Å²) < 4.78 is 59.6. The lowest BCUT2D eigenvalue weighted by molar-refractivity contribution is 0.103. The van der Waals surface area contributed by atoms with Crippen LogP contribution in [0.1, 0.15) is 74.2 Å². The van der Waals surface area contributed by atoms with E-state index in [0.29, 0.717) is 60.5 Å². The number of sulfonamides is 2. The molecule has 0 radical (unpaired) electrons. The molecule has 2 fully saturated rings. The van der Waals surface area contributed by atoms with Gasteiger partial charge in [-0.3, -0.25) is 13.8 Å². The molecule has 0 amide bonds. The third kappa shape index (κ3) is 12.1. The number of carbonyl (C=O) groups is 2. The molecule has 0 aliphatic carbocycles. The number of nitrogens with one attached hydrogen (secondary N) is 1. The fourth-order valence-corrected chi connectivity index (χ4v) is 9.74. The normalized spacial score (nSPS) is 16.5. The molecule has 1 atom stereocenters. The molecule has 4 aromatic rings. The summed E-state index contributed by atoms with van der Waals surface area (Å²) in [5.41, 5.74) is 19.7.